The molecule has 1 aromatic heterocycles. The smallest absolute Gasteiger partial charge is 0.243 e. The van der Waals surface area contributed by atoms with Crippen molar-refractivity contribution >= 4 is 15.9 Å². The molecule has 0 radical (unpaired) electrons. The molecule has 0 saturated carbocycles. The van der Waals surface area contributed by atoms with Crippen LogP contribution in [0.5, 0.6) is 0 Å². The van der Waals surface area contributed by atoms with Crippen molar-refractivity contribution in [1.29, 1.82) is 0 Å². The number of hydrogen-bond donors (Lipinski definition) is 0. The molecule has 2 aromatic carbocycles. The molecule has 168 valence electrons. The van der Waals surface area contributed by atoms with E-state index in [1.54, 1.807) is 24.8 Å². The average Bonchev–Trinajstić information content (AvgIpc) is 3.16. The minimum Gasteiger partial charge on any atom is -0.441 e. The molecule has 8 heteroatoms. The zero-order chi connectivity index (χ0) is 22.9. The van der Waals surface area contributed by atoms with E-state index in [4.69, 9.17) is 4.42 Å². The molecular formula is C24H27N3O4S. The van der Waals surface area contributed by atoms with Gasteiger partial charge in [0, 0.05) is 31.7 Å². The molecule has 0 N–H and O–H groups in total. The fraction of sp³-hybridized carbons (Fsp3) is 0.333. The van der Waals surface area contributed by atoms with Gasteiger partial charge in [-0.2, -0.15) is 4.31 Å². The van der Waals surface area contributed by atoms with Crippen LogP contribution in [0.15, 0.2) is 57.8 Å². The highest BCUT2D eigenvalue weighted by molar-refractivity contribution is 7.89. The van der Waals surface area contributed by atoms with E-state index in [1.165, 1.54) is 4.31 Å². The SMILES string of the molecule is Cc1ccc(C)c(S(=O)(=O)N2CCN(C(=O)Cc3nc(-c4ccccc4)oc3C)CC2)c1. The molecule has 1 aliphatic heterocycles. The summed E-state index contributed by atoms with van der Waals surface area (Å²) in [5, 5.41) is 0. The van der Waals surface area contributed by atoms with Gasteiger partial charge in [0.05, 0.1) is 17.0 Å². The van der Waals surface area contributed by atoms with Crippen molar-refractivity contribution in [2.45, 2.75) is 32.1 Å². The van der Waals surface area contributed by atoms with Gasteiger partial charge < -0.3 is 9.32 Å². The number of amides is 1. The summed E-state index contributed by atoms with van der Waals surface area (Å²) in [6, 6.07) is 15.0. The van der Waals surface area contributed by atoms with E-state index in [2.05, 4.69) is 4.98 Å². The second-order valence-electron chi connectivity index (χ2n) is 8.12. The molecule has 0 unspecified atom stereocenters. The second kappa shape index (κ2) is 8.88. The second-order valence-corrected chi connectivity index (χ2v) is 10.0. The monoisotopic (exact) mass is 453 g/mol. The highest BCUT2D eigenvalue weighted by atomic mass is 32.2. The minimum absolute atomic E-state index is 0.0789. The first-order chi connectivity index (χ1) is 15.3. The van der Waals surface area contributed by atoms with Crippen molar-refractivity contribution in [3.8, 4) is 11.5 Å². The maximum Gasteiger partial charge on any atom is 0.243 e. The van der Waals surface area contributed by atoms with Gasteiger partial charge in [0.15, 0.2) is 0 Å². The van der Waals surface area contributed by atoms with Gasteiger partial charge in [-0.05, 0) is 50.1 Å². The highest BCUT2D eigenvalue weighted by Gasteiger charge is 2.31. The van der Waals surface area contributed by atoms with Crippen LogP contribution in [0.3, 0.4) is 0 Å². The lowest BCUT2D eigenvalue weighted by Gasteiger charge is -2.34. The van der Waals surface area contributed by atoms with Crippen molar-refractivity contribution < 1.29 is 17.6 Å². The average molecular weight is 454 g/mol. The fourth-order valence-electron chi connectivity index (χ4n) is 3.85. The highest BCUT2D eigenvalue weighted by Crippen LogP contribution is 2.24. The van der Waals surface area contributed by atoms with E-state index in [9.17, 15) is 13.2 Å². The van der Waals surface area contributed by atoms with Gasteiger partial charge in [-0.3, -0.25) is 4.79 Å². The summed E-state index contributed by atoms with van der Waals surface area (Å²) in [5.74, 6) is 1.04. The van der Waals surface area contributed by atoms with E-state index >= 15 is 0 Å². The molecular weight excluding hydrogens is 426 g/mol. The van der Waals surface area contributed by atoms with E-state index in [-0.39, 0.29) is 25.4 Å². The van der Waals surface area contributed by atoms with E-state index in [0.717, 1.165) is 16.7 Å². The number of sulfonamides is 1. The number of piperazine rings is 1. The number of aryl methyl sites for hydroxylation is 3. The zero-order valence-corrected chi connectivity index (χ0v) is 19.4. The first-order valence-corrected chi connectivity index (χ1v) is 12.1. The Morgan fingerprint density at radius 2 is 1.69 bits per heavy atom. The predicted molar refractivity (Wildman–Crippen MR) is 122 cm³/mol. The first-order valence-electron chi connectivity index (χ1n) is 10.6. The molecule has 0 spiro atoms. The van der Waals surface area contributed by atoms with Crippen LogP contribution in [0.25, 0.3) is 11.5 Å². The third kappa shape index (κ3) is 4.47. The van der Waals surface area contributed by atoms with E-state index in [0.29, 0.717) is 35.3 Å². The van der Waals surface area contributed by atoms with Crippen LogP contribution in [0.4, 0.5) is 0 Å². The lowest BCUT2D eigenvalue weighted by atomic mass is 10.2. The van der Waals surface area contributed by atoms with Crippen molar-refractivity contribution in [3.63, 3.8) is 0 Å². The Morgan fingerprint density at radius 3 is 2.38 bits per heavy atom. The van der Waals surface area contributed by atoms with Gasteiger partial charge in [-0.15, -0.1) is 0 Å². The molecule has 0 bridgehead atoms. The summed E-state index contributed by atoms with van der Waals surface area (Å²) in [7, 11) is -3.59. The van der Waals surface area contributed by atoms with Crippen LogP contribution in [-0.4, -0.2) is 54.7 Å². The van der Waals surface area contributed by atoms with E-state index in [1.807, 2.05) is 49.4 Å². The van der Waals surface area contributed by atoms with Crippen LogP contribution in [0.2, 0.25) is 0 Å². The number of aromatic nitrogens is 1. The summed E-state index contributed by atoms with van der Waals surface area (Å²) in [4.78, 5) is 19.4. The van der Waals surface area contributed by atoms with Crippen molar-refractivity contribution in [2.75, 3.05) is 26.2 Å². The number of benzene rings is 2. The third-order valence-corrected chi connectivity index (χ3v) is 7.83. The van der Waals surface area contributed by atoms with Crippen LogP contribution in [-0.2, 0) is 21.2 Å². The lowest BCUT2D eigenvalue weighted by molar-refractivity contribution is -0.131. The Bertz CT molecular complexity index is 1230. The van der Waals surface area contributed by atoms with Crippen molar-refractivity contribution in [2.24, 2.45) is 0 Å². The van der Waals surface area contributed by atoms with Gasteiger partial charge in [0.25, 0.3) is 0 Å². The molecule has 7 nitrogen and oxygen atoms in total. The van der Waals surface area contributed by atoms with E-state index < -0.39 is 10.0 Å². The Kier molecular flexibility index (Phi) is 6.17. The Morgan fingerprint density at radius 1 is 1.00 bits per heavy atom. The quantitative estimate of drug-likeness (QED) is 0.592. The Balaban J connectivity index is 1.41. The first kappa shape index (κ1) is 22.2. The number of oxazole rings is 1. The molecule has 0 aliphatic carbocycles. The summed E-state index contributed by atoms with van der Waals surface area (Å²) >= 11 is 0. The van der Waals surface area contributed by atoms with Gasteiger partial charge in [-0.1, -0.05) is 30.3 Å². The van der Waals surface area contributed by atoms with Gasteiger partial charge in [-0.25, -0.2) is 13.4 Å². The fourth-order valence-corrected chi connectivity index (χ4v) is 5.59. The molecule has 4 rings (SSSR count). The maximum atomic E-state index is 13.1. The van der Waals surface area contributed by atoms with Gasteiger partial charge >= 0.3 is 0 Å². The van der Waals surface area contributed by atoms with Crippen LogP contribution in [0, 0.1) is 20.8 Å². The summed E-state index contributed by atoms with van der Waals surface area (Å²) in [5.41, 5.74) is 3.10. The van der Waals surface area contributed by atoms with Crippen LogP contribution < -0.4 is 0 Å². The van der Waals surface area contributed by atoms with Crippen LogP contribution in [0.1, 0.15) is 22.6 Å². The summed E-state index contributed by atoms with van der Waals surface area (Å²) in [6.07, 6.45) is 0.131. The van der Waals surface area contributed by atoms with Crippen molar-refractivity contribution in [3.05, 3.63) is 71.1 Å². The largest absolute Gasteiger partial charge is 0.441 e. The summed E-state index contributed by atoms with van der Waals surface area (Å²) < 4.78 is 33.4. The molecule has 32 heavy (non-hydrogen) atoms. The number of carbonyl (C=O) groups excluding carboxylic acids is 1. The van der Waals surface area contributed by atoms with Crippen molar-refractivity contribution in [1.82, 2.24) is 14.2 Å². The topological polar surface area (TPSA) is 83.7 Å². The normalized spacial score (nSPS) is 15.2. The van der Waals surface area contributed by atoms with Crippen LogP contribution >= 0.6 is 0 Å². The number of carbonyl (C=O) groups is 1. The molecule has 1 fully saturated rings. The zero-order valence-electron chi connectivity index (χ0n) is 18.5. The number of rotatable bonds is 5. The minimum atomic E-state index is -3.59. The number of hydrogen-bond acceptors (Lipinski definition) is 5. The predicted octanol–water partition coefficient (Wildman–Crippen LogP) is 3.34. The molecule has 2 heterocycles. The molecule has 0 atom stereocenters. The number of nitrogens with zero attached hydrogens (tertiary/aromatic N) is 3. The molecule has 1 amide bonds. The maximum absolute atomic E-state index is 13.1. The molecule has 3 aromatic rings. The Hall–Kier alpha value is -2.97. The standard InChI is InChI=1S/C24H27N3O4S/c1-17-9-10-18(2)22(15-17)32(29,30)27-13-11-26(12-14-27)23(28)16-21-19(3)31-24(25-21)20-7-5-4-6-8-20/h4-10,15H,11-14,16H2,1-3H3. The summed E-state index contributed by atoms with van der Waals surface area (Å²) in [6.45, 7) is 6.73. The van der Waals surface area contributed by atoms with Gasteiger partial charge in [0.2, 0.25) is 21.8 Å². The molecule has 1 aliphatic rings. The third-order valence-electron chi connectivity index (χ3n) is 5.78. The Labute approximate surface area is 188 Å². The van der Waals surface area contributed by atoms with Gasteiger partial charge in [0.1, 0.15) is 5.76 Å². The lowest BCUT2D eigenvalue weighted by Crippen LogP contribution is -2.51. The molecule has 1 saturated heterocycles.